The first-order valence-electron chi connectivity index (χ1n) is 9.38. The fraction of sp³-hybridized carbons (Fsp3) is 0.650. The highest BCUT2D eigenvalue weighted by Crippen LogP contribution is 2.30. The number of hydrogen-bond donors (Lipinski definition) is 0. The molecule has 0 unspecified atom stereocenters. The Morgan fingerprint density at radius 3 is 2.61 bits per heavy atom. The quantitative estimate of drug-likeness (QED) is 0.852. The van der Waals surface area contributed by atoms with E-state index < -0.39 is 0 Å². The first-order chi connectivity index (χ1) is 11.3. The van der Waals surface area contributed by atoms with Crippen molar-refractivity contribution >= 4 is 5.91 Å². The van der Waals surface area contributed by atoms with Crippen LogP contribution in [0.5, 0.6) is 0 Å². The van der Waals surface area contributed by atoms with Gasteiger partial charge in [0.1, 0.15) is 0 Å². The van der Waals surface area contributed by atoms with Gasteiger partial charge in [-0.2, -0.15) is 0 Å². The molecule has 4 rings (SSSR count). The van der Waals surface area contributed by atoms with Crippen LogP contribution < -0.4 is 0 Å². The smallest absolute Gasteiger partial charge is 0.222 e. The van der Waals surface area contributed by atoms with E-state index in [0.717, 1.165) is 51.4 Å². The molecule has 2 heterocycles. The minimum absolute atomic E-state index is 0.394. The molecule has 1 saturated carbocycles. The molecule has 1 aromatic rings. The summed E-state index contributed by atoms with van der Waals surface area (Å²) in [7, 11) is 0. The fourth-order valence-electron chi connectivity index (χ4n) is 4.50. The molecule has 0 bridgehead atoms. The molecule has 2 fully saturated rings. The summed E-state index contributed by atoms with van der Waals surface area (Å²) >= 11 is 0. The summed E-state index contributed by atoms with van der Waals surface area (Å²) in [5.74, 6) is 1.22. The average Bonchev–Trinajstić information content (AvgIpc) is 3.05. The third kappa shape index (κ3) is 3.30. The molecule has 0 N–H and O–H groups in total. The Bertz CT molecular complexity index is 559. The third-order valence-corrected chi connectivity index (χ3v) is 6.13. The van der Waals surface area contributed by atoms with Gasteiger partial charge in [0.2, 0.25) is 5.91 Å². The van der Waals surface area contributed by atoms with Gasteiger partial charge < -0.3 is 4.90 Å². The van der Waals surface area contributed by atoms with Gasteiger partial charge in [0.25, 0.3) is 0 Å². The number of amides is 1. The molecule has 0 atom stereocenters. The lowest BCUT2D eigenvalue weighted by Crippen LogP contribution is -2.61. The number of hydrogen-bond acceptors (Lipinski definition) is 2. The highest BCUT2D eigenvalue weighted by molar-refractivity contribution is 5.77. The van der Waals surface area contributed by atoms with Crippen LogP contribution in [0.3, 0.4) is 0 Å². The highest BCUT2D eigenvalue weighted by atomic mass is 16.2. The van der Waals surface area contributed by atoms with Gasteiger partial charge in [0, 0.05) is 38.6 Å². The molecule has 1 aliphatic carbocycles. The van der Waals surface area contributed by atoms with Crippen LogP contribution in [0, 0.1) is 5.92 Å². The van der Waals surface area contributed by atoms with E-state index in [4.69, 9.17) is 0 Å². The molecular formula is C20H28N2O. The maximum atomic E-state index is 12.3. The fourth-order valence-corrected chi connectivity index (χ4v) is 4.50. The van der Waals surface area contributed by atoms with Crippen LogP contribution >= 0.6 is 0 Å². The maximum Gasteiger partial charge on any atom is 0.222 e. The van der Waals surface area contributed by atoms with Gasteiger partial charge in [-0.3, -0.25) is 9.69 Å². The van der Waals surface area contributed by atoms with Gasteiger partial charge in [0.05, 0.1) is 0 Å². The Morgan fingerprint density at radius 2 is 1.83 bits per heavy atom. The summed E-state index contributed by atoms with van der Waals surface area (Å²) in [5.41, 5.74) is 2.98. The second kappa shape index (κ2) is 6.64. The van der Waals surface area contributed by atoms with E-state index >= 15 is 0 Å². The second-order valence-electron chi connectivity index (χ2n) is 7.63. The second-order valence-corrected chi connectivity index (χ2v) is 7.63. The molecule has 124 valence electrons. The Balaban J connectivity index is 1.23. The SMILES string of the molecule is O=C(CCC1CCCC1)N1CC(N2CCc3ccccc3C2)C1. The molecule has 3 nitrogen and oxygen atoms in total. The Kier molecular flexibility index (Phi) is 4.39. The Morgan fingerprint density at radius 1 is 1.09 bits per heavy atom. The summed E-state index contributed by atoms with van der Waals surface area (Å²) in [4.78, 5) is 17.0. The van der Waals surface area contributed by atoms with Gasteiger partial charge in [-0.15, -0.1) is 0 Å². The van der Waals surface area contributed by atoms with Gasteiger partial charge >= 0.3 is 0 Å². The average molecular weight is 312 g/mol. The van der Waals surface area contributed by atoms with Crippen LogP contribution in [0.25, 0.3) is 0 Å². The van der Waals surface area contributed by atoms with Crippen molar-refractivity contribution in [2.45, 2.75) is 57.5 Å². The summed E-state index contributed by atoms with van der Waals surface area (Å²) in [5, 5.41) is 0. The number of carbonyl (C=O) groups excluding carboxylic acids is 1. The lowest BCUT2D eigenvalue weighted by Gasteiger charge is -2.47. The molecular weight excluding hydrogens is 284 g/mol. The lowest BCUT2D eigenvalue weighted by atomic mass is 9.96. The van der Waals surface area contributed by atoms with Crippen LogP contribution in [0.1, 0.15) is 49.7 Å². The van der Waals surface area contributed by atoms with Crippen LogP contribution in [-0.4, -0.2) is 41.4 Å². The first-order valence-corrected chi connectivity index (χ1v) is 9.38. The minimum Gasteiger partial charge on any atom is -0.339 e. The van der Waals surface area contributed by atoms with Crippen molar-refractivity contribution in [1.82, 2.24) is 9.80 Å². The zero-order valence-electron chi connectivity index (χ0n) is 14.0. The van der Waals surface area contributed by atoms with Gasteiger partial charge in [-0.1, -0.05) is 49.9 Å². The van der Waals surface area contributed by atoms with Crippen molar-refractivity contribution in [3.05, 3.63) is 35.4 Å². The van der Waals surface area contributed by atoms with E-state index in [2.05, 4.69) is 34.1 Å². The largest absolute Gasteiger partial charge is 0.339 e. The Hall–Kier alpha value is -1.35. The van der Waals surface area contributed by atoms with Crippen LogP contribution in [0.2, 0.25) is 0 Å². The third-order valence-electron chi connectivity index (χ3n) is 6.13. The van der Waals surface area contributed by atoms with Crippen molar-refractivity contribution in [2.75, 3.05) is 19.6 Å². The van der Waals surface area contributed by atoms with Crippen LogP contribution in [0.15, 0.2) is 24.3 Å². The van der Waals surface area contributed by atoms with E-state index in [1.165, 1.54) is 36.8 Å². The Labute approximate surface area is 139 Å². The molecule has 0 radical (unpaired) electrons. The molecule has 0 spiro atoms. The predicted molar refractivity (Wildman–Crippen MR) is 92.1 cm³/mol. The number of benzene rings is 1. The van der Waals surface area contributed by atoms with Crippen molar-refractivity contribution < 1.29 is 4.79 Å². The van der Waals surface area contributed by atoms with Crippen molar-refractivity contribution in [3.8, 4) is 0 Å². The topological polar surface area (TPSA) is 23.6 Å². The van der Waals surface area contributed by atoms with E-state index in [1.807, 2.05) is 0 Å². The number of nitrogens with zero attached hydrogens (tertiary/aromatic N) is 2. The molecule has 1 amide bonds. The van der Waals surface area contributed by atoms with Crippen LogP contribution in [-0.2, 0) is 17.8 Å². The normalized spacial score (nSPS) is 22.9. The van der Waals surface area contributed by atoms with Crippen molar-refractivity contribution in [2.24, 2.45) is 5.92 Å². The summed E-state index contributed by atoms with van der Waals surface area (Å²) in [6.45, 7) is 4.11. The van der Waals surface area contributed by atoms with E-state index in [-0.39, 0.29) is 0 Å². The number of fused-ring (bicyclic) bond motifs is 1. The zero-order valence-corrected chi connectivity index (χ0v) is 14.0. The number of rotatable bonds is 4. The molecule has 0 aromatic heterocycles. The van der Waals surface area contributed by atoms with Crippen LogP contribution in [0.4, 0.5) is 0 Å². The number of likely N-dealkylation sites (tertiary alicyclic amines) is 1. The summed E-state index contributed by atoms with van der Waals surface area (Å²) < 4.78 is 0. The molecule has 3 aliphatic rings. The monoisotopic (exact) mass is 312 g/mol. The van der Waals surface area contributed by atoms with Gasteiger partial charge in [-0.25, -0.2) is 0 Å². The number of carbonyl (C=O) groups is 1. The van der Waals surface area contributed by atoms with Gasteiger partial charge in [0.15, 0.2) is 0 Å². The molecule has 1 saturated heterocycles. The predicted octanol–water partition coefficient (Wildman–Crippen LogP) is 3.23. The van der Waals surface area contributed by atoms with Crippen molar-refractivity contribution in [1.29, 1.82) is 0 Å². The summed E-state index contributed by atoms with van der Waals surface area (Å²) in [6.07, 6.45) is 8.51. The molecule has 3 heteroatoms. The van der Waals surface area contributed by atoms with E-state index in [0.29, 0.717) is 11.9 Å². The molecule has 23 heavy (non-hydrogen) atoms. The van der Waals surface area contributed by atoms with E-state index in [9.17, 15) is 4.79 Å². The maximum absolute atomic E-state index is 12.3. The van der Waals surface area contributed by atoms with Crippen molar-refractivity contribution in [3.63, 3.8) is 0 Å². The molecule has 2 aliphatic heterocycles. The lowest BCUT2D eigenvalue weighted by molar-refractivity contribution is -0.139. The standard InChI is InChI=1S/C20H28N2O/c23-20(10-9-16-5-1-2-6-16)22-14-19(15-22)21-12-11-17-7-3-4-8-18(17)13-21/h3-4,7-8,16,19H,1-2,5-6,9-15H2. The van der Waals surface area contributed by atoms with E-state index in [1.54, 1.807) is 0 Å². The minimum atomic E-state index is 0.394. The molecule has 1 aromatic carbocycles. The highest BCUT2D eigenvalue weighted by Gasteiger charge is 2.35. The first kappa shape index (κ1) is 15.2. The summed E-state index contributed by atoms with van der Waals surface area (Å²) in [6, 6.07) is 9.38. The zero-order chi connectivity index (χ0) is 15.6. The van der Waals surface area contributed by atoms with Gasteiger partial charge in [-0.05, 0) is 29.9 Å².